The highest BCUT2D eigenvalue weighted by atomic mass is 79.9. The molecule has 2 aromatic rings. The van der Waals surface area contributed by atoms with Crippen LogP contribution in [0, 0.1) is 0 Å². The van der Waals surface area contributed by atoms with Gasteiger partial charge in [-0.3, -0.25) is 19.3 Å². The number of likely N-dealkylation sites (tertiary alicyclic amines) is 1. The van der Waals surface area contributed by atoms with E-state index in [9.17, 15) is 14.4 Å². The summed E-state index contributed by atoms with van der Waals surface area (Å²) in [6.07, 6.45) is 0.553. The summed E-state index contributed by atoms with van der Waals surface area (Å²) in [6, 6.07) is 7.73. The van der Waals surface area contributed by atoms with Crippen LogP contribution in [-0.2, 0) is 14.4 Å². The molecule has 1 aromatic carbocycles. The minimum absolute atomic E-state index is 0.0741. The largest absolute Gasteiger partial charge is 0.302 e. The fourth-order valence-corrected chi connectivity index (χ4v) is 3.35. The molecule has 0 bridgehead atoms. The van der Waals surface area contributed by atoms with Crippen molar-refractivity contribution >= 4 is 50.1 Å². The van der Waals surface area contributed by atoms with Crippen LogP contribution in [0.3, 0.4) is 0 Å². The molecule has 3 amide bonds. The normalized spacial score (nSPS) is 14.3. The number of imide groups is 1. The van der Waals surface area contributed by atoms with Crippen LogP contribution in [-0.4, -0.2) is 34.2 Å². The molecule has 1 aromatic heterocycles. The van der Waals surface area contributed by atoms with E-state index in [4.69, 9.17) is 0 Å². The van der Waals surface area contributed by atoms with Gasteiger partial charge in [0.25, 0.3) is 0 Å². The third-order valence-electron chi connectivity index (χ3n) is 3.61. The summed E-state index contributed by atoms with van der Waals surface area (Å²) in [7, 11) is 0. The second-order valence-electron chi connectivity index (χ2n) is 5.28. The zero-order valence-electron chi connectivity index (χ0n) is 12.6. The number of benzene rings is 1. The number of thiazole rings is 1. The van der Waals surface area contributed by atoms with Gasteiger partial charge in [-0.05, 0) is 12.1 Å². The molecule has 124 valence electrons. The topological polar surface area (TPSA) is 79.4 Å². The molecule has 1 N–H and O–H groups in total. The van der Waals surface area contributed by atoms with Crippen molar-refractivity contribution in [1.82, 2.24) is 9.88 Å². The first kappa shape index (κ1) is 16.8. The van der Waals surface area contributed by atoms with E-state index in [2.05, 4.69) is 26.2 Å². The second-order valence-corrected chi connectivity index (χ2v) is 7.06. The van der Waals surface area contributed by atoms with E-state index in [0.29, 0.717) is 5.13 Å². The number of carbonyl (C=O) groups excluding carboxylic acids is 3. The van der Waals surface area contributed by atoms with Gasteiger partial charge in [-0.15, -0.1) is 11.3 Å². The highest BCUT2D eigenvalue weighted by Gasteiger charge is 2.28. The summed E-state index contributed by atoms with van der Waals surface area (Å²) >= 11 is 4.72. The van der Waals surface area contributed by atoms with Crippen molar-refractivity contribution in [1.29, 1.82) is 0 Å². The van der Waals surface area contributed by atoms with Gasteiger partial charge in [0.05, 0.1) is 5.69 Å². The number of carbonyl (C=O) groups is 3. The number of anilines is 1. The van der Waals surface area contributed by atoms with E-state index >= 15 is 0 Å². The average molecular weight is 408 g/mol. The van der Waals surface area contributed by atoms with E-state index in [1.807, 2.05) is 29.6 Å². The van der Waals surface area contributed by atoms with Crippen molar-refractivity contribution in [2.24, 2.45) is 0 Å². The highest BCUT2D eigenvalue weighted by Crippen LogP contribution is 2.26. The van der Waals surface area contributed by atoms with Crippen molar-refractivity contribution in [3.63, 3.8) is 0 Å². The van der Waals surface area contributed by atoms with Crippen molar-refractivity contribution in [3.05, 3.63) is 34.1 Å². The zero-order chi connectivity index (χ0) is 17.1. The van der Waals surface area contributed by atoms with Gasteiger partial charge < -0.3 is 5.32 Å². The maximum Gasteiger partial charge on any atom is 0.229 e. The van der Waals surface area contributed by atoms with Gasteiger partial charge in [-0.2, -0.15) is 0 Å². The van der Waals surface area contributed by atoms with Crippen molar-refractivity contribution in [2.75, 3.05) is 11.9 Å². The summed E-state index contributed by atoms with van der Waals surface area (Å²) in [5, 5.41) is 5.07. The molecule has 0 radical (unpaired) electrons. The standard InChI is InChI=1S/C16H14BrN3O3S/c17-11-3-1-10(2-4-11)12-9-24-16(18-12)19-13(21)7-8-20-14(22)5-6-15(20)23/h1-4,9H,5-8H2,(H,18,19,21). The SMILES string of the molecule is O=C(CCN1C(=O)CCC1=O)Nc1nc(-c2ccc(Br)cc2)cs1. The summed E-state index contributed by atoms with van der Waals surface area (Å²) in [4.78, 5) is 40.5. The molecular formula is C16H14BrN3O3S. The predicted molar refractivity (Wildman–Crippen MR) is 94.5 cm³/mol. The lowest BCUT2D eigenvalue weighted by molar-refractivity contribution is -0.138. The van der Waals surface area contributed by atoms with Gasteiger partial charge in [-0.25, -0.2) is 4.98 Å². The average Bonchev–Trinajstić information content (AvgIpc) is 3.14. The van der Waals surface area contributed by atoms with Crippen molar-refractivity contribution < 1.29 is 14.4 Å². The second kappa shape index (κ2) is 7.23. The Morgan fingerprint density at radius 3 is 2.54 bits per heavy atom. The zero-order valence-corrected chi connectivity index (χ0v) is 15.0. The van der Waals surface area contributed by atoms with Gasteiger partial charge in [0, 0.05) is 41.2 Å². The monoisotopic (exact) mass is 407 g/mol. The molecule has 1 saturated heterocycles. The lowest BCUT2D eigenvalue weighted by Crippen LogP contribution is -2.32. The van der Waals surface area contributed by atoms with E-state index in [0.717, 1.165) is 20.6 Å². The third-order valence-corrected chi connectivity index (χ3v) is 4.89. The van der Waals surface area contributed by atoms with Gasteiger partial charge >= 0.3 is 0 Å². The molecule has 3 rings (SSSR count). The molecule has 0 spiro atoms. The lowest BCUT2D eigenvalue weighted by atomic mass is 10.2. The van der Waals surface area contributed by atoms with Crippen LogP contribution < -0.4 is 5.32 Å². The van der Waals surface area contributed by atoms with Crippen LogP contribution in [0.15, 0.2) is 34.1 Å². The van der Waals surface area contributed by atoms with E-state index in [1.54, 1.807) is 0 Å². The van der Waals surface area contributed by atoms with Crippen LogP contribution in [0.2, 0.25) is 0 Å². The number of nitrogens with one attached hydrogen (secondary N) is 1. The van der Waals surface area contributed by atoms with Gasteiger partial charge in [0.1, 0.15) is 0 Å². The molecule has 0 unspecified atom stereocenters. The number of halogens is 1. The van der Waals surface area contributed by atoms with E-state index < -0.39 is 0 Å². The fourth-order valence-electron chi connectivity index (χ4n) is 2.35. The van der Waals surface area contributed by atoms with E-state index in [1.165, 1.54) is 11.3 Å². The van der Waals surface area contributed by atoms with Crippen LogP contribution in [0.1, 0.15) is 19.3 Å². The summed E-state index contributed by atoms with van der Waals surface area (Å²) < 4.78 is 0.987. The molecule has 0 aliphatic carbocycles. The predicted octanol–water partition coefficient (Wildman–Crippen LogP) is 3.05. The maximum absolute atomic E-state index is 12.0. The lowest BCUT2D eigenvalue weighted by Gasteiger charge is -2.12. The minimum atomic E-state index is -0.265. The Kier molecular flexibility index (Phi) is 5.06. The summed E-state index contributed by atoms with van der Waals surface area (Å²) in [5.41, 5.74) is 1.75. The maximum atomic E-state index is 12.0. The number of nitrogens with zero attached hydrogens (tertiary/aromatic N) is 2. The summed E-state index contributed by atoms with van der Waals surface area (Å²) in [5.74, 6) is -0.682. The molecule has 8 heteroatoms. The molecule has 1 aliphatic rings. The first-order chi connectivity index (χ1) is 11.5. The molecule has 1 aliphatic heterocycles. The molecule has 24 heavy (non-hydrogen) atoms. The first-order valence-electron chi connectivity index (χ1n) is 7.37. The smallest absolute Gasteiger partial charge is 0.229 e. The Bertz CT molecular complexity index is 772. The van der Waals surface area contributed by atoms with Crippen LogP contribution in [0.25, 0.3) is 11.3 Å². The van der Waals surface area contributed by atoms with Crippen LogP contribution in [0.4, 0.5) is 5.13 Å². The Morgan fingerprint density at radius 1 is 1.21 bits per heavy atom. The van der Waals surface area contributed by atoms with Crippen molar-refractivity contribution in [3.8, 4) is 11.3 Å². The molecule has 6 nitrogen and oxygen atoms in total. The number of aromatic nitrogens is 1. The van der Waals surface area contributed by atoms with E-state index in [-0.39, 0.29) is 43.5 Å². The number of rotatable bonds is 5. The Hall–Kier alpha value is -2.06. The van der Waals surface area contributed by atoms with Crippen molar-refractivity contribution in [2.45, 2.75) is 19.3 Å². The molecule has 0 saturated carbocycles. The number of amides is 3. The fraction of sp³-hybridized carbons (Fsp3) is 0.250. The summed E-state index contributed by atoms with van der Waals surface area (Å²) in [6.45, 7) is 0.119. The minimum Gasteiger partial charge on any atom is -0.302 e. The Balaban J connectivity index is 1.56. The first-order valence-corrected chi connectivity index (χ1v) is 9.05. The Morgan fingerprint density at radius 2 is 1.88 bits per heavy atom. The van der Waals surface area contributed by atoms with Crippen LogP contribution >= 0.6 is 27.3 Å². The van der Waals surface area contributed by atoms with Gasteiger partial charge in [0.15, 0.2) is 5.13 Å². The van der Waals surface area contributed by atoms with Crippen LogP contribution in [0.5, 0.6) is 0 Å². The molecule has 2 heterocycles. The van der Waals surface area contributed by atoms with Gasteiger partial charge in [-0.1, -0.05) is 28.1 Å². The quantitative estimate of drug-likeness (QED) is 0.772. The Labute approximate surface area is 151 Å². The third kappa shape index (κ3) is 3.88. The molecule has 0 atom stereocenters. The number of hydrogen-bond donors (Lipinski definition) is 1. The molecular weight excluding hydrogens is 394 g/mol. The molecule has 1 fully saturated rings. The highest BCUT2D eigenvalue weighted by molar-refractivity contribution is 9.10. The number of hydrogen-bond acceptors (Lipinski definition) is 5. The van der Waals surface area contributed by atoms with Gasteiger partial charge in [0.2, 0.25) is 17.7 Å².